The molecule has 0 nitrogen and oxygen atoms in total. The number of rotatable bonds is 3. The van der Waals surface area contributed by atoms with Gasteiger partial charge in [-0.2, -0.15) is 11.6 Å². The molecule has 0 amide bonds. The third-order valence-corrected chi connectivity index (χ3v) is 3.42. The quantitative estimate of drug-likeness (QED) is 0.355. The summed E-state index contributed by atoms with van der Waals surface area (Å²) < 4.78 is 0. The van der Waals surface area contributed by atoms with Crippen LogP contribution in [0.5, 0.6) is 0 Å². The molecule has 1 unspecified atom stereocenters. The minimum atomic E-state index is 0. The summed E-state index contributed by atoms with van der Waals surface area (Å²) in [5, 5.41) is 0. The molecule has 0 heterocycles. The molecule has 20 heavy (non-hydrogen) atoms. The van der Waals surface area contributed by atoms with Crippen LogP contribution < -0.4 is 24.8 Å². The van der Waals surface area contributed by atoms with Crippen molar-refractivity contribution in [3.63, 3.8) is 0 Å². The van der Waals surface area contributed by atoms with Gasteiger partial charge in [-0.25, -0.2) is 0 Å². The summed E-state index contributed by atoms with van der Waals surface area (Å²) in [5.41, 5.74) is 5.45. The molecule has 0 aliphatic heterocycles. The van der Waals surface area contributed by atoms with Crippen LogP contribution in [0.15, 0.2) is 60.7 Å². The monoisotopic (exact) mass is 337 g/mol. The van der Waals surface area contributed by atoms with Gasteiger partial charge in [0.15, 0.2) is 0 Å². The maximum Gasteiger partial charge on any atom is 3.00 e. The molecule has 2 aliphatic rings. The number of halogens is 2. The first-order chi connectivity index (χ1) is 8.40. The molecule has 1 aromatic carbocycles. The number of benzene rings is 1. The second-order valence-electron chi connectivity index (χ2n) is 4.51. The number of allylic oxidation sites excluding steroid dienone is 7. The molecule has 1 radical (unpaired) electrons. The fourth-order valence-corrected chi connectivity index (χ4v) is 2.61. The summed E-state index contributed by atoms with van der Waals surface area (Å²) in [6, 6.07) is 8.65. The van der Waals surface area contributed by atoms with Crippen molar-refractivity contribution in [2.75, 3.05) is 0 Å². The van der Waals surface area contributed by atoms with Crippen molar-refractivity contribution in [2.45, 2.75) is 18.8 Å². The molecular weight excluding hydrogens is 323 g/mol. The topological polar surface area (TPSA) is 0 Å². The number of hydrogen-bond donors (Lipinski definition) is 0. The van der Waals surface area contributed by atoms with Crippen LogP contribution in [0.1, 0.15) is 29.9 Å². The predicted molar refractivity (Wildman–Crippen MR) is 72.5 cm³/mol. The van der Waals surface area contributed by atoms with Crippen LogP contribution in [0.25, 0.3) is 5.57 Å². The van der Waals surface area contributed by atoms with E-state index in [0.29, 0.717) is 5.92 Å². The Labute approximate surface area is 148 Å². The minimum Gasteiger partial charge on any atom is -1.00 e. The molecule has 1 aromatic rings. The molecule has 2 aliphatic carbocycles. The van der Waals surface area contributed by atoms with Crippen molar-refractivity contribution in [1.82, 2.24) is 0 Å². The van der Waals surface area contributed by atoms with Gasteiger partial charge in [-0.3, -0.25) is 0 Å². The maximum absolute atomic E-state index is 3.84. The van der Waals surface area contributed by atoms with Gasteiger partial charge in [0.1, 0.15) is 0 Å². The standard InChI is InChI=1S/C17H15.2ClH.Ti/c1-2-7-14-12-17(13-8-3-4-9-13)16-11-6-5-10-15(14)16;;;/h2-6,8,10-11,14H,1,7,9H2;2*1H;/q-1;;;+3/p-2. The van der Waals surface area contributed by atoms with Gasteiger partial charge in [-0.1, -0.05) is 48.8 Å². The van der Waals surface area contributed by atoms with Gasteiger partial charge >= 0.3 is 21.7 Å². The zero-order valence-electron chi connectivity index (χ0n) is 11.1. The molecule has 0 N–H and O–H groups in total. The summed E-state index contributed by atoms with van der Waals surface area (Å²) in [6.45, 7) is 3.84. The van der Waals surface area contributed by atoms with Crippen LogP contribution in [0, 0.1) is 6.08 Å². The van der Waals surface area contributed by atoms with Crippen molar-refractivity contribution in [2.24, 2.45) is 0 Å². The Morgan fingerprint density at radius 3 is 2.65 bits per heavy atom. The number of fused-ring (bicyclic) bond motifs is 1. The Balaban J connectivity index is 0.00000120. The van der Waals surface area contributed by atoms with E-state index in [1.807, 2.05) is 6.08 Å². The summed E-state index contributed by atoms with van der Waals surface area (Å²) in [5.74, 6) is 0.389. The average Bonchev–Trinajstić information content (AvgIpc) is 2.97. The Bertz CT molecular complexity index is 556. The molecule has 0 saturated heterocycles. The first-order valence-electron chi connectivity index (χ1n) is 6.10. The second-order valence-corrected chi connectivity index (χ2v) is 4.51. The van der Waals surface area contributed by atoms with Gasteiger partial charge in [-0.15, -0.1) is 35.4 Å². The van der Waals surface area contributed by atoms with Gasteiger partial charge in [-0.05, 0) is 6.42 Å². The van der Waals surface area contributed by atoms with E-state index in [4.69, 9.17) is 0 Å². The van der Waals surface area contributed by atoms with Crippen molar-refractivity contribution in [1.29, 1.82) is 0 Å². The van der Waals surface area contributed by atoms with Crippen LogP contribution in [0.2, 0.25) is 0 Å². The molecule has 3 rings (SSSR count). The third-order valence-electron chi connectivity index (χ3n) is 3.42. The van der Waals surface area contributed by atoms with Crippen LogP contribution in [0.4, 0.5) is 0 Å². The molecule has 0 fully saturated rings. The fraction of sp³-hybridized carbons (Fsp3) is 0.176. The molecule has 0 saturated carbocycles. The van der Waals surface area contributed by atoms with E-state index in [1.54, 1.807) is 0 Å². The Hall–Kier alpha value is -0.526. The zero-order chi connectivity index (χ0) is 11.7. The third kappa shape index (κ3) is 3.56. The smallest absolute Gasteiger partial charge is 1.00 e. The van der Waals surface area contributed by atoms with Crippen LogP contribution in [-0.2, 0) is 21.7 Å². The van der Waals surface area contributed by atoms with Crippen LogP contribution in [-0.4, -0.2) is 0 Å². The van der Waals surface area contributed by atoms with E-state index in [9.17, 15) is 0 Å². The Morgan fingerprint density at radius 2 is 2.00 bits per heavy atom. The first-order valence-corrected chi connectivity index (χ1v) is 6.10. The summed E-state index contributed by atoms with van der Waals surface area (Å²) >= 11 is 0. The van der Waals surface area contributed by atoms with Crippen LogP contribution >= 0.6 is 0 Å². The molecular formula is C17H15Cl2Ti. The van der Waals surface area contributed by atoms with Crippen molar-refractivity contribution < 1.29 is 46.5 Å². The second kappa shape index (κ2) is 8.69. The zero-order valence-corrected chi connectivity index (χ0v) is 14.1. The van der Waals surface area contributed by atoms with Gasteiger partial charge in [0.05, 0.1) is 0 Å². The molecule has 1 atom stereocenters. The van der Waals surface area contributed by atoms with E-state index in [2.05, 4.69) is 55.1 Å². The maximum atomic E-state index is 3.84. The van der Waals surface area contributed by atoms with Gasteiger partial charge in [0.2, 0.25) is 0 Å². The summed E-state index contributed by atoms with van der Waals surface area (Å²) in [4.78, 5) is 0. The molecule has 0 aromatic heterocycles. The van der Waals surface area contributed by atoms with E-state index in [0.717, 1.165) is 12.8 Å². The van der Waals surface area contributed by atoms with E-state index < -0.39 is 0 Å². The number of hydrogen-bond acceptors (Lipinski definition) is 0. The average molecular weight is 338 g/mol. The van der Waals surface area contributed by atoms with E-state index in [1.165, 1.54) is 22.3 Å². The Kier molecular flexibility index (Phi) is 8.46. The molecule has 101 valence electrons. The SMILES string of the molecule is C=CCC1[C-]=C(C2=CC=CC2)c2ccccc21.[Cl-].[Cl-].[Ti+3]. The summed E-state index contributed by atoms with van der Waals surface area (Å²) in [7, 11) is 0. The Morgan fingerprint density at radius 1 is 1.25 bits per heavy atom. The normalized spacial score (nSPS) is 17.9. The van der Waals surface area contributed by atoms with Crippen molar-refractivity contribution >= 4 is 5.57 Å². The summed E-state index contributed by atoms with van der Waals surface area (Å²) in [6.07, 6.45) is 14.2. The minimum absolute atomic E-state index is 0. The molecule has 3 heteroatoms. The molecule has 0 bridgehead atoms. The van der Waals surface area contributed by atoms with Crippen LogP contribution in [0.3, 0.4) is 0 Å². The largest absolute Gasteiger partial charge is 3.00 e. The molecule has 0 spiro atoms. The predicted octanol–water partition coefficient (Wildman–Crippen LogP) is -1.56. The first kappa shape index (κ1) is 19.5. The van der Waals surface area contributed by atoms with Crippen molar-refractivity contribution in [3.05, 3.63) is 77.9 Å². The van der Waals surface area contributed by atoms with Gasteiger partial charge in [0, 0.05) is 0 Å². The van der Waals surface area contributed by atoms with E-state index in [-0.39, 0.29) is 46.5 Å². The van der Waals surface area contributed by atoms with Gasteiger partial charge < -0.3 is 24.8 Å². The van der Waals surface area contributed by atoms with Gasteiger partial charge in [0.25, 0.3) is 0 Å². The van der Waals surface area contributed by atoms with Crippen molar-refractivity contribution in [3.8, 4) is 0 Å². The van der Waals surface area contributed by atoms with E-state index >= 15 is 0 Å². The fourth-order valence-electron chi connectivity index (χ4n) is 2.61.